The molecule has 5 heteroatoms. The largest absolute Gasteiger partial charge is 0.379 e. The zero-order chi connectivity index (χ0) is 12.5. The molecular weight excluding hydrogens is 236 g/mol. The fourth-order valence-corrected chi connectivity index (χ4v) is 4.18. The first-order chi connectivity index (χ1) is 7.92. The predicted octanol–water partition coefficient (Wildman–Crippen LogP) is 1.55. The molecule has 17 heavy (non-hydrogen) atoms. The van der Waals surface area contributed by atoms with Gasteiger partial charge in [-0.3, -0.25) is 0 Å². The lowest BCUT2D eigenvalue weighted by molar-refractivity contribution is 0.574. The summed E-state index contributed by atoms with van der Waals surface area (Å²) in [5, 5.41) is 11.9. The van der Waals surface area contributed by atoms with E-state index in [1.54, 1.807) is 24.3 Å². The third-order valence-corrected chi connectivity index (χ3v) is 4.87. The molecule has 1 aliphatic heterocycles. The van der Waals surface area contributed by atoms with E-state index in [1.807, 2.05) is 13.0 Å². The highest BCUT2D eigenvalue weighted by molar-refractivity contribution is 7.91. The summed E-state index contributed by atoms with van der Waals surface area (Å²) < 4.78 is 22.9. The Morgan fingerprint density at radius 3 is 2.47 bits per heavy atom. The van der Waals surface area contributed by atoms with Gasteiger partial charge in [0.25, 0.3) is 0 Å². The number of hydrogen-bond donors (Lipinski definition) is 1. The smallest absolute Gasteiger partial charge is 0.152 e. The Kier molecular flexibility index (Phi) is 2.84. The molecule has 90 valence electrons. The summed E-state index contributed by atoms with van der Waals surface area (Å²) >= 11 is 0. The molecule has 0 saturated carbocycles. The summed E-state index contributed by atoms with van der Waals surface area (Å²) in [5.41, 5.74) is 1.05. The average Bonchev–Trinajstić information content (AvgIpc) is 2.54. The van der Waals surface area contributed by atoms with Gasteiger partial charge in [-0.2, -0.15) is 5.26 Å². The highest BCUT2D eigenvalue weighted by atomic mass is 32.2. The van der Waals surface area contributed by atoms with Crippen LogP contribution in [0.4, 0.5) is 5.69 Å². The van der Waals surface area contributed by atoms with Crippen LogP contribution in [0.1, 0.15) is 18.9 Å². The number of anilines is 1. The second-order valence-corrected chi connectivity index (χ2v) is 6.90. The van der Waals surface area contributed by atoms with Gasteiger partial charge >= 0.3 is 0 Å². The van der Waals surface area contributed by atoms with Crippen LogP contribution in [-0.4, -0.2) is 25.5 Å². The molecule has 1 N–H and O–H groups in total. The van der Waals surface area contributed by atoms with E-state index in [2.05, 4.69) is 5.32 Å². The molecule has 1 heterocycles. The number of nitrogens with zero attached hydrogens (tertiary/aromatic N) is 1. The number of rotatable bonds is 2. The van der Waals surface area contributed by atoms with E-state index in [4.69, 9.17) is 5.26 Å². The average molecular weight is 250 g/mol. The highest BCUT2D eigenvalue weighted by Crippen LogP contribution is 2.27. The number of nitrogens with one attached hydrogen (secondary N) is 1. The molecule has 1 fully saturated rings. The second kappa shape index (κ2) is 4.04. The molecule has 0 bridgehead atoms. The Morgan fingerprint density at radius 1 is 1.35 bits per heavy atom. The summed E-state index contributed by atoms with van der Waals surface area (Å²) in [6.07, 6.45) is 0.620. The van der Waals surface area contributed by atoms with Gasteiger partial charge in [-0.1, -0.05) is 0 Å². The maximum atomic E-state index is 11.5. The molecule has 0 radical (unpaired) electrons. The van der Waals surface area contributed by atoms with Crippen molar-refractivity contribution < 1.29 is 8.42 Å². The first-order valence-corrected chi connectivity index (χ1v) is 7.23. The quantitative estimate of drug-likeness (QED) is 0.864. The van der Waals surface area contributed by atoms with Gasteiger partial charge in [0.2, 0.25) is 0 Å². The lowest BCUT2D eigenvalue weighted by Crippen LogP contribution is -2.35. The van der Waals surface area contributed by atoms with Crippen molar-refractivity contribution in [2.75, 3.05) is 16.8 Å². The molecule has 2 rings (SSSR count). The van der Waals surface area contributed by atoms with Crippen LogP contribution in [0.3, 0.4) is 0 Å². The Hall–Kier alpha value is -1.54. The van der Waals surface area contributed by atoms with Crippen LogP contribution in [0.5, 0.6) is 0 Å². The van der Waals surface area contributed by atoms with Crippen molar-refractivity contribution in [2.45, 2.75) is 18.9 Å². The first kappa shape index (κ1) is 11.9. The van der Waals surface area contributed by atoms with E-state index in [1.165, 1.54) is 0 Å². The Labute approximate surface area is 101 Å². The third-order valence-electron chi connectivity index (χ3n) is 2.96. The molecule has 1 atom stereocenters. The van der Waals surface area contributed by atoms with Crippen LogP contribution in [-0.2, 0) is 9.84 Å². The molecular formula is C12H14N2O2S. The monoisotopic (exact) mass is 250 g/mol. The minimum absolute atomic E-state index is 0.167. The molecule has 0 amide bonds. The summed E-state index contributed by atoms with van der Waals surface area (Å²) in [6.45, 7) is 1.91. The van der Waals surface area contributed by atoms with E-state index in [0.717, 1.165) is 5.69 Å². The fraction of sp³-hybridized carbons (Fsp3) is 0.417. The van der Waals surface area contributed by atoms with Gasteiger partial charge < -0.3 is 5.32 Å². The van der Waals surface area contributed by atoms with Gasteiger partial charge in [-0.05, 0) is 37.6 Å². The topological polar surface area (TPSA) is 70.0 Å². The normalized spacial score (nSPS) is 26.4. The number of nitriles is 1. The van der Waals surface area contributed by atoms with E-state index in [9.17, 15) is 8.42 Å². The van der Waals surface area contributed by atoms with E-state index in [0.29, 0.717) is 12.0 Å². The molecule has 1 aromatic carbocycles. The Balaban J connectivity index is 2.14. The van der Waals surface area contributed by atoms with Gasteiger partial charge in [0.15, 0.2) is 9.84 Å². The van der Waals surface area contributed by atoms with Crippen molar-refractivity contribution in [2.24, 2.45) is 0 Å². The molecule has 1 unspecified atom stereocenters. The molecule has 1 aliphatic rings. The number of hydrogen-bond acceptors (Lipinski definition) is 4. The zero-order valence-corrected chi connectivity index (χ0v) is 10.4. The molecule has 0 aromatic heterocycles. The maximum Gasteiger partial charge on any atom is 0.152 e. The maximum absolute atomic E-state index is 11.5. The zero-order valence-electron chi connectivity index (χ0n) is 9.60. The summed E-state index contributed by atoms with van der Waals surface area (Å²) in [7, 11) is -2.90. The van der Waals surface area contributed by atoms with Gasteiger partial charge in [0.1, 0.15) is 0 Å². The highest BCUT2D eigenvalue weighted by Gasteiger charge is 2.38. The Morgan fingerprint density at radius 2 is 2.00 bits per heavy atom. The van der Waals surface area contributed by atoms with Crippen LogP contribution in [0, 0.1) is 11.3 Å². The van der Waals surface area contributed by atoms with E-state index in [-0.39, 0.29) is 11.5 Å². The molecule has 4 nitrogen and oxygen atoms in total. The third kappa shape index (κ3) is 2.77. The second-order valence-electron chi connectivity index (χ2n) is 4.72. The molecule has 1 saturated heterocycles. The summed E-state index contributed by atoms with van der Waals surface area (Å²) in [5.74, 6) is 0.410. The van der Waals surface area contributed by atoms with Crippen molar-refractivity contribution in [3.8, 4) is 6.07 Å². The first-order valence-electron chi connectivity index (χ1n) is 5.41. The van der Waals surface area contributed by atoms with E-state index >= 15 is 0 Å². The van der Waals surface area contributed by atoms with Gasteiger partial charge in [0.05, 0.1) is 23.1 Å². The van der Waals surface area contributed by atoms with Crippen molar-refractivity contribution in [1.29, 1.82) is 5.26 Å². The van der Waals surface area contributed by atoms with Gasteiger partial charge in [-0.25, -0.2) is 8.42 Å². The van der Waals surface area contributed by atoms with Crippen LogP contribution >= 0.6 is 0 Å². The minimum atomic E-state index is -2.90. The van der Waals surface area contributed by atoms with Crippen molar-refractivity contribution in [1.82, 2.24) is 0 Å². The number of benzene rings is 1. The lowest BCUT2D eigenvalue weighted by atomic mass is 10.0. The standard InChI is InChI=1S/C12H14N2O2S/c1-12(6-7-17(15,16)9-12)14-11-4-2-10(8-13)3-5-11/h2-5,14H,6-7,9H2,1H3. The molecule has 1 aromatic rings. The SMILES string of the molecule is CC1(Nc2ccc(C#N)cc2)CCS(=O)(=O)C1. The van der Waals surface area contributed by atoms with Crippen LogP contribution in [0.2, 0.25) is 0 Å². The molecule has 0 aliphatic carbocycles. The van der Waals surface area contributed by atoms with Gasteiger partial charge in [-0.15, -0.1) is 0 Å². The van der Waals surface area contributed by atoms with E-state index < -0.39 is 15.4 Å². The van der Waals surface area contributed by atoms with Crippen LogP contribution < -0.4 is 5.32 Å². The Bertz CT molecular complexity index is 557. The fourth-order valence-electron chi connectivity index (χ4n) is 2.09. The van der Waals surface area contributed by atoms with Crippen molar-refractivity contribution >= 4 is 15.5 Å². The lowest BCUT2D eigenvalue weighted by Gasteiger charge is -2.25. The van der Waals surface area contributed by atoms with Crippen molar-refractivity contribution in [3.63, 3.8) is 0 Å². The van der Waals surface area contributed by atoms with Crippen LogP contribution in [0.25, 0.3) is 0 Å². The number of sulfone groups is 1. The minimum Gasteiger partial charge on any atom is -0.379 e. The summed E-state index contributed by atoms with van der Waals surface area (Å²) in [4.78, 5) is 0. The van der Waals surface area contributed by atoms with Gasteiger partial charge in [0, 0.05) is 11.2 Å². The summed E-state index contributed by atoms with van der Waals surface area (Å²) in [6, 6.07) is 9.08. The molecule has 0 spiro atoms. The predicted molar refractivity (Wildman–Crippen MR) is 66.5 cm³/mol. The van der Waals surface area contributed by atoms with Crippen molar-refractivity contribution in [3.05, 3.63) is 29.8 Å². The van der Waals surface area contributed by atoms with Crippen LogP contribution in [0.15, 0.2) is 24.3 Å².